The molecule has 4 aromatic carbocycles. The van der Waals surface area contributed by atoms with Gasteiger partial charge in [0.2, 0.25) is 0 Å². The van der Waals surface area contributed by atoms with Crippen LogP contribution in [0.4, 0.5) is 0 Å². The summed E-state index contributed by atoms with van der Waals surface area (Å²) in [5.41, 5.74) is 4.95. The molecule has 4 aromatic rings. The van der Waals surface area contributed by atoms with E-state index in [1.54, 1.807) is 18.3 Å². The Balaban J connectivity index is 1.46. The van der Waals surface area contributed by atoms with Gasteiger partial charge in [0, 0.05) is 4.47 Å². The van der Waals surface area contributed by atoms with Gasteiger partial charge < -0.3 is 9.47 Å². The normalized spacial score (nSPS) is 11.0. The van der Waals surface area contributed by atoms with Crippen LogP contribution in [0.25, 0.3) is 10.8 Å². The highest BCUT2D eigenvalue weighted by molar-refractivity contribution is 9.10. The Morgan fingerprint density at radius 3 is 2.58 bits per heavy atom. The van der Waals surface area contributed by atoms with E-state index in [4.69, 9.17) is 9.47 Å². The first-order valence-corrected chi connectivity index (χ1v) is 11.4. The quantitative estimate of drug-likeness (QED) is 0.225. The molecule has 0 aliphatic rings. The maximum Gasteiger partial charge on any atom is 0.272 e. The maximum absolute atomic E-state index is 12.3. The monoisotopic (exact) mass is 502 g/mol. The smallest absolute Gasteiger partial charge is 0.272 e. The fourth-order valence-electron chi connectivity index (χ4n) is 3.44. The third-order valence-electron chi connectivity index (χ3n) is 5.03. The molecule has 0 fully saturated rings. The van der Waals surface area contributed by atoms with Crippen LogP contribution in [-0.4, -0.2) is 18.7 Å². The van der Waals surface area contributed by atoms with Crippen LogP contribution in [0.5, 0.6) is 11.5 Å². The fourth-order valence-corrected chi connectivity index (χ4v) is 3.90. The van der Waals surface area contributed by atoms with Crippen LogP contribution in [0.1, 0.15) is 28.4 Å². The van der Waals surface area contributed by atoms with Crippen LogP contribution in [0.2, 0.25) is 0 Å². The zero-order chi connectivity index (χ0) is 23.0. The summed E-state index contributed by atoms with van der Waals surface area (Å²) in [6.45, 7) is 2.86. The van der Waals surface area contributed by atoms with Crippen molar-refractivity contribution in [1.29, 1.82) is 0 Å². The summed E-state index contributed by atoms with van der Waals surface area (Å²) in [6, 6.07) is 27.2. The lowest BCUT2D eigenvalue weighted by atomic mass is 10.1. The lowest BCUT2D eigenvalue weighted by Gasteiger charge is -2.13. The first-order valence-electron chi connectivity index (χ1n) is 10.6. The predicted octanol–water partition coefficient (Wildman–Crippen LogP) is 6.34. The van der Waals surface area contributed by atoms with E-state index in [2.05, 4.69) is 50.7 Å². The Bertz CT molecular complexity index is 1300. The molecule has 4 rings (SSSR count). The molecule has 0 bridgehead atoms. The van der Waals surface area contributed by atoms with E-state index < -0.39 is 0 Å². The molecule has 0 radical (unpaired) electrons. The average molecular weight is 503 g/mol. The summed E-state index contributed by atoms with van der Waals surface area (Å²) in [6.07, 6.45) is 1.58. The molecule has 0 aliphatic heterocycles. The summed E-state index contributed by atoms with van der Waals surface area (Å²) in [7, 11) is 0. The van der Waals surface area contributed by atoms with Crippen LogP contribution in [0.15, 0.2) is 94.5 Å². The molecule has 0 saturated heterocycles. The number of fused-ring (bicyclic) bond motifs is 1. The minimum Gasteiger partial charge on any atom is -0.490 e. The third kappa shape index (κ3) is 5.59. The second-order valence-electron chi connectivity index (χ2n) is 7.25. The molecule has 1 N–H and O–H groups in total. The van der Waals surface area contributed by atoms with Gasteiger partial charge in [-0.3, -0.25) is 4.79 Å². The van der Waals surface area contributed by atoms with Crippen LogP contribution in [0, 0.1) is 0 Å². The topological polar surface area (TPSA) is 59.9 Å². The van der Waals surface area contributed by atoms with Crippen molar-refractivity contribution in [2.45, 2.75) is 13.5 Å². The molecule has 0 aromatic heterocycles. The van der Waals surface area contributed by atoms with Gasteiger partial charge in [-0.05, 0) is 75.1 Å². The lowest BCUT2D eigenvalue weighted by Crippen LogP contribution is -2.18. The number of benzene rings is 4. The van der Waals surface area contributed by atoms with E-state index in [0.717, 1.165) is 11.1 Å². The average Bonchev–Trinajstić information content (AvgIpc) is 2.84. The number of hydrazone groups is 1. The number of carbonyl (C=O) groups excluding carboxylic acids is 1. The van der Waals surface area contributed by atoms with Crippen LogP contribution in [0.3, 0.4) is 0 Å². The first-order chi connectivity index (χ1) is 16.2. The van der Waals surface area contributed by atoms with Gasteiger partial charge in [0.1, 0.15) is 6.61 Å². The molecule has 0 heterocycles. The molecule has 0 atom stereocenters. The number of amides is 1. The summed E-state index contributed by atoms with van der Waals surface area (Å²) in [4.78, 5) is 12.3. The van der Waals surface area contributed by atoms with Crippen LogP contribution in [-0.2, 0) is 6.61 Å². The Hall–Kier alpha value is -3.64. The Morgan fingerprint density at radius 2 is 1.73 bits per heavy atom. The predicted molar refractivity (Wildman–Crippen MR) is 135 cm³/mol. The summed E-state index contributed by atoms with van der Waals surface area (Å²) in [5, 5.41) is 6.43. The second-order valence-corrected chi connectivity index (χ2v) is 8.10. The molecule has 0 spiro atoms. The first kappa shape index (κ1) is 22.6. The van der Waals surface area contributed by atoms with E-state index in [1.165, 1.54) is 10.8 Å². The van der Waals surface area contributed by atoms with E-state index in [9.17, 15) is 4.79 Å². The number of hydrogen-bond acceptors (Lipinski definition) is 4. The standard InChI is InChI=1S/C27H23BrN2O3/c1-2-32-26-16-19(17-29-30-27(31)23-12-5-6-13-24(23)28)14-15-25(26)33-18-21-10-7-9-20-8-3-4-11-22(20)21/h3-17H,2,18H2,1H3,(H,30,31)/b29-17-. The number of halogens is 1. The summed E-state index contributed by atoms with van der Waals surface area (Å²) in [5.74, 6) is 0.983. The second kappa shape index (κ2) is 10.8. The largest absolute Gasteiger partial charge is 0.490 e. The fraction of sp³-hybridized carbons (Fsp3) is 0.111. The molecule has 6 heteroatoms. The number of nitrogens with one attached hydrogen (secondary N) is 1. The van der Waals surface area contributed by atoms with Crippen molar-refractivity contribution >= 4 is 38.8 Å². The molecule has 0 saturated carbocycles. The molecular weight excluding hydrogens is 480 g/mol. The third-order valence-corrected chi connectivity index (χ3v) is 5.72. The Kier molecular flexibility index (Phi) is 7.37. The van der Waals surface area contributed by atoms with Gasteiger partial charge in [0.15, 0.2) is 11.5 Å². The molecule has 5 nitrogen and oxygen atoms in total. The number of carbonyl (C=O) groups is 1. The van der Waals surface area contributed by atoms with Gasteiger partial charge in [-0.2, -0.15) is 5.10 Å². The minimum absolute atomic E-state index is 0.293. The Morgan fingerprint density at radius 1 is 0.939 bits per heavy atom. The number of rotatable bonds is 8. The molecule has 0 unspecified atom stereocenters. The lowest BCUT2D eigenvalue weighted by molar-refractivity contribution is 0.0954. The molecular formula is C27H23BrN2O3. The number of nitrogens with zero attached hydrogens (tertiary/aromatic N) is 1. The van der Waals surface area contributed by atoms with Crippen LogP contribution >= 0.6 is 15.9 Å². The zero-order valence-electron chi connectivity index (χ0n) is 18.1. The van der Waals surface area contributed by atoms with E-state index in [0.29, 0.717) is 34.7 Å². The molecule has 0 aliphatic carbocycles. The maximum atomic E-state index is 12.3. The van der Waals surface area contributed by atoms with Crippen molar-refractivity contribution in [3.8, 4) is 11.5 Å². The SMILES string of the molecule is CCOc1cc(/C=N\NC(=O)c2ccccc2Br)ccc1OCc1cccc2ccccc12. The van der Waals surface area contributed by atoms with Gasteiger partial charge in [-0.1, -0.05) is 54.6 Å². The van der Waals surface area contributed by atoms with Crippen molar-refractivity contribution in [3.05, 3.63) is 106 Å². The van der Waals surface area contributed by atoms with Gasteiger partial charge in [0.05, 0.1) is 18.4 Å². The van der Waals surface area contributed by atoms with E-state index in [-0.39, 0.29) is 5.91 Å². The minimum atomic E-state index is -0.293. The highest BCUT2D eigenvalue weighted by Crippen LogP contribution is 2.30. The van der Waals surface area contributed by atoms with Gasteiger partial charge >= 0.3 is 0 Å². The summed E-state index contributed by atoms with van der Waals surface area (Å²) >= 11 is 3.37. The van der Waals surface area contributed by atoms with Crippen molar-refractivity contribution in [2.75, 3.05) is 6.61 Å². The van der Waals surface area contributed by atoms with E-state index >= 15 is 0 Å². The van der Waals surface area contributed by atoms with Crippen molar-refractivity contribution in [3.63, 3.8) is 0 Å². The van der Waals surface area contributed by atoms with Crippen molar-refractivity contribution in [2.24, 2.45) is 5.10 Å². The van der Waals surface area contributed by atoms with Gasteiger partial charge in [-0.15, -0.1) is 0 Å². The number of hydrogen-bond donors (Lipinski definition) is 1. The van der Waals surface area contributed by atoms with Gasteiger partial charge in [0.25, 0.3) is 5.91 Å². The highest BCUT2D eigenvalue weighted by Gasteiger charge is 2.09. The Labute approximate surface area is 201 Å². The molecule has 33 heavy (non-hydrogen) atoms. The number of ether oxygens (including phenoxy) is 2. The van der Waals surface area contributed by atoms with Crippen LogP contribution < -0.4 is 14.9 Å². The highest BCUT2D eigenvalue weighted by atomic mass is 79.9. The molecule has 1 amide bonds. The van der Waals surface area contributed by atoms with E-state index in [1.807, 2.05) is 55.5 Å². The van der Waals surface area contributed by atoms with Gasteiger partial charge in [-0.25, -0.2) is 5.43 Å². The molecule has 166 valence electrons. The summed E-state index contributed by atoms with van der Waals surface area (Å²) < 4.78 is 12.6. The van der Waals surface area contributed by atoms with Crippen molar-refractivity contribution < 1.29 is 14.3 Å². The van der Waals surface area contributed by atoms with Crippen molar-refractivity contribution in [1.82, 2.24) is 5.43 Å². The zero-order valence-corrected chi connectivity index (χ0v) is 19.7.